The van der Waals surface area contributed by atoms with E-state index in [9.17, 15) is 29.4 Å². The molecule has 0 aliphatic carbocycles. The van der Waals surface area contributed by atoms with Gasteiger partial charge in [-0.25, -0.2) is 0 Å². The molecule has 2 N–H and O–H groups in total. The summed E-state index contributed by atoms with van der Waals surface area (Å²) < 4.78 is 0. The average Bonchev–Trinajstić information content (AvgIpc) is 3.07. The summed E-state index contributed by atoms with van der Waals surface area (Å²) in [6, 6.07) is 21.1. The number of hydrogen-bond acceptors (Lipinski definition) is 11. The molecule has 0 amide bonds. The number of benzene rings is 4. The first-order chi connectivity index (χ1) is 24.1. The molecule has 4 aromatic carbocycles. The van der Waals surface area contributed by atoms with E-state index < -0.39 is 0 Å². The molecule has 0 aromatic heterocycles. The van der Waals surface area contributed by atoms with Gasteiger partial charge in [0.05, 0.1) is 9.79 Å². The van der Waals surface area contributed by atoms with Crippen molar-refractivity contribution in [1.29, 1.82) is 0 Å². The van der Waals surface area contributed by atoms with Crippen LogP contribution in [0.25, 0.3) is 22.3 Å². The lowest BCUT2D eigenvalue weighted by molar-refractivity contribution is -0.108. The van der Waals surface area contributed by atoms with Crippen LogP contribution < -0.4 is 0 Å². The summed E-state index contributed by atoms with van der Waals surface area (Å²) in [6.45, 7) is 21.4. The molecule has 0 spiro atoms. The lowest BCUT2D eigenvalue weighted by Crippen LogP contribution is -1.95. The van der Waals surface area contributed by atoms with Crippen LogP contribution in [0.3, 0.4) is 0 Å². The molecule has 6 nitrogen and oxygen atoms in total. The highest BCUT2D eigenvalue weighted by molar-refractivity contribution is 8.15. The molecule has 51 heavy (non-hydrogen) atoms. The Balaban J connectivity index is 1.92. The van der Waals surface area contributed by atoms with E-state index in [0.717, 1.165) is 47.0 Å². The molecule has 4 rings (SSSR count). The Morgan fingerprint density at radius 3 is 1.12 bits per heavy atom. The number of aromatic hydroxyl groups is 2. The Bertz CT molecular complexity index is 2000. The van der Waals surface area contributed by atoms with Crippen molar-refractivity contribution in [2.24, 2.45) is 0 Å². The first-order valence-electron chi connectivity index (χ1n) is 15.2. The third-order valence-electron chi connectivity index (χ3n) is 6.92. The van der Waals surface area contributed by atoms with Crippen molar-refractivity contribution in [3.05, 3.63) is 121 Å². The van der Waals surface area contributed by atoms with Crippen LogP contribution in [0.5, 0.6) is 11.5 Å². The van der Waals surface area contributed by atoms with Crippen LogP contribution in [-0.4, -0.2) is 30.7 Å². The van der Waals surface area contributed by atoms with Gasteiger partial charge in [-0.05, 0) is 146 Å². The van der Waals surface area contributed by atoms with Crippen molar-refractivity contribution in [3.63, 3.8) is 0 Å². The van der Waals surface area contributed by atoms with E-state index in [-0.39, 0.29) is 32.0 Å². The minimum Gasteiger partial charge on any atom is -0.506 e. The van der Waals surface area contributed by atoms with Crippen molar-refractivity contribution in [3.8, 4) is 33.8 Å². The van der Waals surface area contributed by atoms with E-state index >= 15 is 0 Å². The highest BCUT2D eigenvalue weighted by Gasteiger charge is 2.22. The number of carbonyl (C=O) groups is 4. The summed E-state index contributed by atoms with van der Waals surface area (Å²) in [7, 11) is 0. The fourth-order valence-electron chi connectivity index (χ4n) is 4.27. The van der Waals surface area contributed by atoms with Gasteiger partial charge in [-0.3, -0.25) is 19.2 Å². The van der Waals surface area contributed by atoms with Gasteiger partial charge < -0.3 is 10.2 Å². The van der Waals surface area contributed by atoms with E-state index in [0.29, 0.717) is 73.9 Å². The van der Waals surface area contributed by atoms with Gasteiger partial charge in [0.25, 0.3) is 0 Å². The fourth-order valence-corrected chi connectivity index (χ4v) is 8.19. The lowest BCUT2D eigenvalue weighted by Gasteiger charge is -2.18. The summed E-state index contributed by atoms with van der Waals surface area (Å²) in [5, 5.41) is 22.0. The number of hydrogen-bond donors (Lipinski definition) is 2. The first kappa shape index (κ1) is 39.7. The zero-order valence-electron chi connectivity index (χ0n) is 28.3. The highest BCUT2D eigenvalue weighted by Crippen LogP contribution is 2.49. The van der Waals surface area contributed by atoms with Crippen molar-refractivity contribution < 1.29 is 29.4 Å². The normalized spacial score (nSPS) is 10.7. The van der Waals surface area contributed by atoms with Gasteiger partial charge in [-0.2, -0.15) is 0 Å². The van der Waals surface area contributed by atoms with Crippen molar-refractivity contribution in [2.45, 2.75) is 57.1 Å². The molecule has 0 fully saturated rings. The predicted molar refractivity (Wildman–Crippen MR) is 214 cm³/mol. The van der Waals surface area contributed by atoms with Gasteiger partial charge in [0, 0.05) is 41.8 Å². The standard InChI is InChI=1S/C40H34O6S5/c1-21(2)37(43)47-25-15-17-31(29(19-25)27-11-9-13-33(35(27)41)50-39(45)23(5)6)49-32-18-16-26(48-38(44)22(3)4)20-30(32)28-12-10-14-34(36(28)42)51-40(46)24(7)8/h9-20,41-42H,1,3,5,7H2,2,4,6,8H3. The minimum atomic E-state index is -0.286. The number of phenolic OH excluding ortho intramolecular Hbond substituents is 2. The monoisotopic (exact) mass is 770 g/mol. The fraction of sp³-hybridized carbons (Fsp3) is 0.100. The van der Waals surface area contributed by atoms with Crippen LogP contribution in [-0.2, 0) is 19.2 Å². The molecular formula is C40H34O6S5. The largest absolute Gasteiger partial charge is 0.506 e. The Kier molecular flexibility index (Phi) is 13.5. The first-order valence-corrected chi connectivity index (χ1v) is 19.3. The van der Waals surface area contributed by atoms with Gasteiger partial charge in [-0.1, -0.05) is 62.3 Å². The Morgan fingerprint density at radius 1 is 0.451 bits per heavy atom. The van der Waals surface area contributed by atoms with Gasteiger partial charge in [0.1, 0.15) is 11.5 Å². The molecule has 4 aromatic rings. The second-order valence-corrected chi connectivity index (χ2v) is 16.6. The van der Waals surface area contributed by atoms with E-state index in [2.05, 4.69) is 26.3 Å². The lowest BCUT2D eigenvalue weighted by atomic mass is 10.0. The number of para-hydroxylation sites is 2. The molecule has 0 saturated heterocycles. The molecule has 0 heterocycles. The molecule has 0 unspecified atom stereocenters. The van der Waals surface area contributed by atoms with Crippen LogP contribution in [0.1, 0.15) is 27.7 Å². The van der Waals surface area contributed by atoms with Crippen LogP contribution in [0.15, 0.2) is 151 Å². The van der Waals surface area contributed by atoms with Gasteiger partial charge in [0.2, 0.25) is 20.5 Å². The van der Waals surface area contributed by atoms with Gasteiger partial charge in [0.15, 0.2) is 0 Å². The number of thioether (sulfide) groups is 4. The SMILES string of the molecule is C=C(C)C(=O)Sc1ccc(Sc2ccc(SC(=O)C(=C)C)cc2-c2cccc(SC(=O)C(=C)C)c2O)c(-c2cccc(SC(=O)C(=C)C)c2O)c1. The Labute approximate surface area is 319 Å². The quantitative estimate of drug-likeness (QED) is 0.106. The summed E-state index contributed by atoms with van der Waals surface area (Å²) in [4.78, 5) is 53.6. The molecule has 0 aliphatic heterocycles. The van der Waals surface area contributed by atoms with Crippen molar-refractivity contribution >= 4 is 79.3 Å². The number of rotatable bonds is 12. The third kappa shape index (κ3) is 10.0. The molecule has 0 bridgehead atoms. The van der Waals surface area contributed by atoms with Crippen LogP contribution in [0, 0.1) is 0 Å². The smallest absolute Gasteiger partial charge is 0.219 e. The topological polar surface area (TPSA) is 109 Å². The summed E-state index contributed by atoms with van der Waals surface area (Å²) in [5.41, 5.74) is 3.49. The predicted octanol–water partition coefficient (Wildman–Crippen LogP) is 11.4. The molecule has 11 heteroatoms. The molecule has 260 valence electrons. The third-order valence-corrected chi connectivity index (χ3v) is 12.3. The zero-order chi connectivity index (χ0) is 37.6. The van der Waals surface area contributed by atoms with Gasteiger partial charge >= 0.3 is 0 Å². The summed E-state index contributed by atoms with van der Waals surface area (Å²) in [5.74, 6) is -0.218. The van der Waals surface area contributed by atoms with Crippen LogP contribution >= 0.6 is 58.8 Å². The number of carbonyl (C=O) groups excluding carboxylic acids is 4. The van der Waals surface area contributed by atoms with E-state index in [1.165, 1.54) is 11.8 Å². The van der Waals surface area contributed by atoms with E-state index in [4.69, 9.17) is 0 Å². The molecule has 0 atom stereocenters. The van der Waals surface area contributed by atoms with Crippen LogP contribution in [0.4, 0.5) is 0 Å². The zero-order valence-corrected chi connectivity index (χ0v) is 32.4. The molecule has 0 aliphatic rings. The molecule has 0 saturated carbocycles. The van der Waals surface area contributed by atoms with Gasteiger partial charge in [-0.15, -0.1) is 0 Å². The maximum absolute atomic E-state index is 12.6. The second kappa shape index (κ2) is 17.4. The second-order valence-electron chi connectivity index (χ2n) is 11.4. The Hall–Kier alpha value is -4.13. The Morgan fingerprint density at radius 2 is 0.784 bits per heavy atom. The van der Waals surface area contributed by atoms with E-state index in [1.54, 1.807) is 88.4 Å². The van der Waals surface area contributed by atoms with E-state index in [1.807, 2.05) is 12.1 Å². The summed E-state index contributed by atoms with van der Waals surface area (Å²) in [6.07, 6.45) is 0. The average molecular weight is 771 g/mol. The van der Waals surface area contributed by atoms with Crippen molar-refractivity contribution in [2.75, 3.05) is 0 Å². The van der Waals surface area contributed by atoms with Crippen molar-refractivity contribution in [1.82, 2.24) is 0 Å². The summed E-state index contributed by atoms with van der Waals surface area (Å²) >= 11 is 5.10. The minimum absolute atomic E-state index is 0.109. The van der Waals surface area contributed by atoms with Crippen LogP contribution in [0.2, 0.25) is 0 Å². The molecular weight excluding hydrogens is 737 g/mol. The number of phenols is 2. The maximum atomic E-state index is 12.6. The highest BCUT2D eigenvalue weighted by atomic mass is 32.2. The maximum Gasteiger partial charge on any atom is 0.219 e. The molecule has 0 radical (unpaired) electrons.